The first-order valence-corrected chi connectivity index (χ1v) is 10.2. The van der Waals surface area contributed by atoms with Crippen LogP contribution in [0.1, 0.15) is 42.7 Å². The number of fused-ring (bicyclic) bond motifs is 1. The molecule has 25 heavy (non-hydrogen) atoms. The molecule has 1 aliphatic rings. The summed E-state index contributed by atoms with van der Waals surface area (Å²) in [5.74, 6) is 0.726. The van der Waals surface area contributed by atoms with Crippen LogP contribution in [-0.2, 0) is 4.79 Å². The predicted molar refractivity (Wildman–Crippen MR) is 102 cm³/mol. The fourth-order valence-electron chi connectivity index (χ4n) is 3.16. The lowest BCUT2D eigenvalue weighted by molar-refractivity contribution is -0.113. The van der Waals surface area contributed by atoms with Gasteiger partial charge in [-0.15, -0.1) is 0 Å². The minimum absolute atomic E-state index is 0.0349. The molecule has 3 rings (SSSR count). The maximum absolute atomic E-state index is 12.7. The van der Waals surface area contributed by atoms with Crippen molar-refractivity contribution in [3.63, 3.8) is 0 Å². The van der Waals surface area contributed by atoms with E-state index < -0.39 is 0 Å². The number of hydrogen-bond donors (Lipinski definition) is 1. The molecular weight excluding hydrogens is 336 g/mol. The molecule has 6 heteroatoms. The maximum Gasteiger partial charge on any atom is 0.289 e. The Balaban J connectivity index is 1.75. The van der Waals surface area contributed by atoms with Crippen LogP contribution in [0.3, 0.4) is 0 Å². The molecule has 1 aromatic heterocycles. The molecule has 1 N–H and O–H groups in total. The SMILES string of the molecule is CSCC(=O)Nc1ccc2oc(C(=O)N3CCCCCCC3)cc2c1. The van der Waals surface area contributed by atoms with Crippen LogP contribution in [-0.4, -0.2) is 41.8 Å². The van der Waals surface area contributed by atoms with Crippen LogP contribution < -0.4 is 5.32 Å². The van der Waals surface area contributed by atoms with E-state index in [2.05, 4.69) is 5.32 Å². The molecule has 0 saturated carbocycles. The molecule has 1 aliphatic heterocycles. The van der Waals surface area contributed by atoms with Gasteiger partial charge >= 0.3 is 0 Å². The molecule has 1 aromatic carbocycles. The van der Waals surface area contributed by atoms with Crippen molar-refractivity contribution in [3.05, 3.63) is 30.0 Å². The number of amides is 2. The molecule has 2 heterocycles. The molecule has 134 valence electrons. The van der Waals surface area contributed by atoms with Crippen molar-refractivity contribution in [2.45, 2.75) is 32.1 Å². The lowest BCUT2D eigenvalue weighted by atomic mass is 10.1. The second-order valence-corrected chi connectivity index (χ2v) is 7.27. The Hall–Kier alpha value is -1.95. The standard InChI is InChI=1S/C19H24N2O3S/c1-25-13-18(22)20-15-7-8-16-14(11-15)12-17(24-16)19(23)21-9-5-3-2-4-6-10-21/h7-8,11-12H,2-6,9-10,13H2,1H3,(H,20,22). The van der Waals surface area contributed by atoms with Crippen LogP contribution in [0.2, 0.25) is 0 Å². The summed E-state index contributed by atoms with van der Waals surface area (Å²) in [5, 5.41) is 3.69. The van der Waals surface area contributed by atoms with Crippen molar-refractivity contribution < 1.29 is 14.0 Å². The number of thioether (sulfide) groups is 1. The summed E-state index contributed by atoms with van der Waals surface area (Å²) in [5.41, 5.74) is 1.39. The quantitative estimate of drug-likeness (QED) is 0.890. The second-order valence-electron chi connectivity index (χ2n) is 6.40. The van der Waals surface area contributed by atoms with Crippen molar-refractivity contribution in [1.82, 2.24) is 4.90 Å². The van der Waals surface area contributed by atoms with Gasteiger partial charge in [-0.05, 0) is 43.4 Å². The smallest absolute Gasteiger partial charge is 0.289 e. The molecule has 1 fully saturated rings. The van der Waals surface area contributed by atoms with Crippen molar-refractivity contribution in [1.29, 1.82) is 0 Å². The zero-order valence-electron chi connectivity index (χ0n) is 14.5. The van der Waals surface area contributed by atoms with Gasteiger partial charge in [-0.3, -0.25) is 9.59 Å². The summed E-state index contributed by atoms with van der Waals surface area (Å²) >= 11 is 1.48. The van der Waals surface area contributed by atoms with Gasteiger partial charge in [-0.1, -0.05) is 19.3 Å². The average Bonchev–Trinajstić information content (AvgIpc) is 2.97. The first-order valence-electron chi connectivity index (χ1n) is 8.79. The fraction of sp³-hybridized carbons (Fsp3) is 0.474. The average molecular weight is 360 g/mol. The van der Waals surface area contributed by atoms with Gasteiger partial charge < -0.3 is 14.6 Å². The second kappa shape index (κ2) is 8.43. The first kappa shape index (κ1) is 17.9. The topological polar surface area (TPSA) is 62.6 Å². The van der Waals surface area contributed by atoms with E-state index >= 15 is 0 Å². The van der Waals surface area contributed by atoms with Gasteiger partial charge in [0.15, 0.2) is 5.76 Å². The highest BCUT2D eigenvalue weighted by atomic mass is 32.2. The Morgan fingerprint density at radius 1 is 1.12 bits per heavy atom. The van der Waals surface area contributed by atoms with Gasteiger partial charge in [0.05, 0.1) is 5.75 Å². The Labute approximate surface area is 152 Å². The van der Waals surface area contributed by atoms with E-state index in [1.807, 2.05) is 17.2 Å². The minimum Gasteiger partial charge on any atom is -0.451 e. The van der Waals surface area contributed by atoms with Crippen molar-refractivity contribution >= 4 is 40.2 Å². The zero-order chi connectivity index (χ0) is 17.6. The number of furan rings is 1. The Bertz CT molecular complexity index is 748. The minimum atomic E-state index is -0.0360. The Morgan fingerprint density at radius 2 is 1.84 bits per heavy atom. The van der Waals surface area contributed by atoms with Crippen LogP contribution >= 0.6 is 11.8 Å². The molecule has 0 bridgehead atoms. The zero-order valence-corrected chi connectivity index (χ0v) is 15.4. The van der Waals surface area contributed by atoms with Crippen molar-refractivity contribution in [3.8, 4) is 0 Å². The lowest BCUT2D eigenvalue weighted by Gasteiger charge is -2.23. The molecule has 2 aromatic rings. The van der Waals surface area contributed by atoms with Crippen LogP contribution in [0.4, 0.5) is 5.69 Å². The number of likely N-dealkylation sites (tertiary alicyclic amines) is 1. The third kappa shape index (κ3) is 4.57. The van der Waals surface area contributed by atoms with E-state index in [1.165, 1.54) is 31.0 Å². The van der Waals surface area contributed by atoms with Gasteiger partial charge in [0.1, 0.15) is 5.58 Å². The number of nitrogens with zero attached hydrogens (tertiary/aromatic N) is 1. The first-order chi connectivity index (χ1) is 12.2. The van der Waals surface area contributed by atoms with Crippen LogP contribution in [0.25, 0.3) is 11.0 Å². The van der Waals surface area contributed by atoms with E-state index in [1.54, 1.807) is 18.2 Å². The number of nitrogens with one attached hydrogen (secondary N) is 1. The molecular formula is C19H24N2O3S. The summed E-state index contributed by atoms with van der Waals surface area (Å²) in [6.45, 7) is 1.59. The Kier molecular flexibility index (Phi) is 6.02. The predicted octanol–water partition coefficient (Wildman–Crippen LogP) is 4.14. The number of anilines is 1. The number of hydrogen-bond acceptors (Lipinski definition) is 4. The Morgan fingerprint density at radius 3 is 2.56 bits per heavy atom. The van der Waals surface area contributed by atoms with Crippen molar-refractivity contribution in [2.75, 3.05) is 30.4 Å². The van der Waals surface area contributed by atoms with Gasteiger partial charge in [0.25, 0.3) is 5.91 Å². The van der Waals surface area contributed by atoms with Gasteiger partial charge in [-0.25, -0.2) is 0 Å². The lowest BCUT2D eigenvalue weighted by Crippen LogP contribution is -2.33. The third-order valence-electron chi connectivity index (χ3n) is 4.43. The number of benzene rings is 1. The molecule has 2 amide bonds. The van der Waals surface area contributed by atoms with E-state index in [0.717, 1.165) is 37.0 Å². The summed E-state index contributed by atoms with van der Waals surface area (Å²) in [6, 6.07) is 7.23. The summed E-state index contributed by atoms with van der Waals surface area (Å²) in [4.78, 5) is 26.4. The van der Waals surface area contributed by atoms with Crippen LogP contribution in [0, 0.1) is 0 Å². The fourth-order valence-corrected chi connectivity index (χ4v) is 3.50. The van der Waals surface area contributed by atoms with Crippen LogP contribution in [0.15, 0.2) is 28.7 Å². The van der Waals surface area contributed by atoms with Gasteiger partial charge in [0, 0.05) is 24.2 Å². The molecule has 0 spiro atoms. The van der Waals surface area contributed by atoms with E-state index in [9.17, 15) is 9.59 Å². The summed E-state index contributed by atoms with van der Waals surface area (Å²) in [6.07, 6.45) is 7.63. The third-order valence-corrected chi connectivity index (χ3v) is 4.98. The van der Waals surface area contributed by atoms with E-state index in [4.69, 9.17) is 4.42 Å². The molecule has 5 nitrogen and oxygen atoms in total. The summed E-state index contributed by atoms with van der Waals surface area (Å²) < 4.78 is 5.75. The van der Waals surface area contributed by atoms with Crippen molar-refractivity contribution in [2.24, 2.45) is 0 Å². The highest BCUT2D eigenvalue weighted by Gasteiger charge is 2.20. The molecule has 0 aliphatic carbocycles. The highest BCUT2D eigenvalue weighted by molar-refractivity contribution is 7.99. The number of carbonyl (C=O) groups is 2. The number of rotatable bonds is 4. The highest BCUT2D eigenvalue weighted by Crippen LogP contribution is 2.25. The largest absolute Gasteiger partial charge is 0.451 e. The van der Waals surface area contributed by atoms with Gasteiger partial charge in [-0.2, -0.15) is 11.8 Å². The van der Waals surface area contributed by atoms with E-state index in [-0.39, 0.29) is 11.8 Å². The van der Waals surface area contributed by atoms with E-state index in [0.29, 0.717) is 17.1 Å². The van der Waals surface area contributed by atoms with Gasteiger partial charge in [0.2, 0.25) is 5.91 Å². The normalized spacial score (nSPS) is 15.6. The number of carbonyl (C=O) groups excluding carboxylic acids is 2. The molecule has 0 radical (unpaired) electrons. The summed E-state index contributed by atoms with van der Waals surface area (Å²) in [7, 11) is 0. The molecule has 1 saturated heterocycles. The maximum atomic E-state index is 12.7. The van der Waals surface area contributed by atoms with Crippen LogP contribution in [0.5, 0.6) is 0 Å². The molecule has 0 unspecified atom stereocenters. The molecule has 0 atom stereocenters. The monoisotopic (exact) mass is 360 g/mol.